The predicted molar refractivity (Wildman–Crippen MR) is 231 cm³/mol. The molecule has 1 aliphatic rings. The number of carbonyl (C=O) groups excluding carboxylic acids is 3. The van der Waals surface area contributed by atoms with E-state index in [1.807, 2.05) is 74.7 Å². The van der Waals surface area contributed by atoms with Crippen LogP contribution in [0.2, 0.25) is 15.1 Å². The first-order valence-corrected chi connectivity index (χ1v) is 20.0. The Morgan fingerprint density at radius 3 is 2.31 bits per heavy atom. The SMILES string of the molecule is COC(=O)c1ccc(N2CCC(NC(=O)OC(C)(C)C)CC2)c(NC(=O)c2[nH]c3cc(Cl)ccc3c2-c2c(-c3ccccc3)ncn2C(C)c2ccc(Cl)cc2Cl)c1. The van der Waals surface area contributed by atoms with E-state index in [1.165, 1.54) is 7.11 Å². The number of methoxy groups -OCH3 is 1. The third-order valence-electron chi connectivity index (χ3n) is 10.1. The van der Waals surface area contributed by atoms with Crippen molar-refractivity contribution in [3.05, 3.63) is 123 Å². The van der Waals surface area contributed by atoms with Gasteiger partial charge in [0, 0.05) is 56.2 Å². The lowest BCUT2D eigenvalue weighted by molar-refractivity contribution is 0.0496. The minimum absolute atomic E-state index is 0.0898. The topological polar surface area (TPSA) is 131 Å². The smallest absolute Gasteiger partial charge is 0.407 e. The van der Waals surface area contributed by atoms with Crippen molar-refractivity contribution in [1.29, 1.82) is 0 Å². The van der Waals surface area contributed by atoms with E-state index in [-0.39, 0.29) is 23.3 Å². The van der Waals surface area contributed by atoms with E-state index in [0.29, 0.717) is 74.8 Å². The van der Waals surface area contributed by atoms with Crippen molar-refractivity contribution in [3.8, 4) is 22.5 Å². The van der Waals surface area contributed by atoms with Crippen molar-refractivity contribution in [2.24, 2.45) is 0 Å². The molecule has 1 saturated heterocycles. The number of piperidine rings is 1. The highest BCUT2D eigenvalue weighted by molar-refractivity contribution is 6.35. The second-order valence-electron chi connectivity index (χ2n) is 15.2. The summed E-state index contributed by atoms with van der Waals surface area (Å²) in [5, 5.41) is 8.35. The first-order valence-electron chi connectivity index (χ1n) is 18.9. The maximum absolute atomic E-state index is 14.9. The van der Waals surface area contributed by atoms with Crippen molar-refractivity contribution in [1.82, 2.24) is 19.9 Å². The number of alkyl carbamates (subject to hydrolysis) is 1. The number of halogens is 3. The molecule has 1 fully saturated rings. The van der Waals surface area contributed by atoms with E-state index in [4.69, 9.17) is 49.3 Å². The summed E-state index contributed by atoms with van der Waals surface area (Å²) in [4.78, 5) is 50.6. The van der Waals surface area contributed by atoms with Crippen LogP contribution in [-0.2, 0) is 9.47 Å². The molecule has 2 aromatic heterocycles. The Balaban J connectivity index is 1.31. The Hall–Kier alpha value is -5.49. The van der Waals surface area contributed by atoms with Crippen LogP contribution in [0.25, 0.3) is 33.4 Å². The minimum atomic E-state index is -0.609. The largest absolute Gasteiger partial charge is 0.465 e. The number of aromatic nitrogens is 3. The fourth-order valence-corrected chi connectivity index (χ4v) is 8.10. The Bertz CT molecular complexity index is 2500. The van der Waals surface area contributed by atoms with Crippen LogP contribution in [0.4, 0.5) is 16.2 Å². The van der Waals surface area contributed by atoms with Gasteiger partial charge in [-0.1, -0.05) is 77.3 Å². The van der Waals surface area contributed by atoms with Crippen LogP contribution in [0, 0.1) is 0 Å². The van der Waals surface area contributed by atoms with E-state index in [2.05, 4.69) is 20.5 Å². The average molecular weight is 842 g/mol. The number of carbonyl (C=O) groups is 3. The Morgan fingerprint density at radius 1 is 0.914 bits per heavy atom. The number of hydrogen-bond acceptors (Lipinski definition) is 7. The van der Waals surface area contributed by atoms with Crippen molar-refractivity contribution in [3.63, 3.8) is 0 Å². The Morgan fingerprint density at radius 2 is 1.62 bits per heavy atom. The Labute approximate surface area is 351 Å². The van der Waals surface area contributed by atoms with Gasteiger partial charge in [-0.25, -0.2) is 14.6 Å². The normalized spacial score (nSPS) is 14.0. The first-order chi connectivity index (χ1) is 27.7. The first kappa shape index (κ1) is 40.7. The molecular formula is C44H43Cl3N6O5. The van der Waals surface area contributed by atoms with Crippen LogP contribution in [0.5, 0.6) is 0 Å². The standard InChI is InChI=1S/C44H43Cl3N6O5/c1-25(31-14-12-28(45)22-33(31)47)53-24-48-38(26-9-7-6-8-10-26)40(53)37-32-15-13-29(46)23-34(32)50-39(37)41(54)51-35-21-27(42(55)57-5)11-16-36(35)52-19-17-30(18-20-52)49-43(56)58-44(2,3)4/h6-16,21-25,30,50H,17-20H2,1-5H3,(H,49,56)(H,51,54). The number of nitrogens with zero attached hydrogens (tertiary/aromatic N) is 3. The van der Waals surface area contributed by atoms with Gasteiger partial charge < -0.3 is 34.6 Å². The van der Waals surface area contributed by atoms with E-state index in [0.717, 1.165) is 16.5 Å². The van der Waals surface area contributed by atoms with Gasteiger partial charge >= 0.3 is 12.1 Å². The van der Waals surface area contributed by atoms with Gasteiger partial charge in [0.25, 0.3) is 5.91 Å². The van der Waals surface area contributed by atoms with E-state index in [1.54, 1.807) is 48.8 Å². The molecule has 4 aromatic carbocycles. The van der Waals surface area contributed by atoms with Crippen LogP contribution in [0.3, 0.4) is 0 Å². The van der Waals surface area contributed by atoms with Crippen LogP contribution in [0.15, 0.2) is 91.3 Å². The molecule has 14 heteroatoms. The molecule has 2 amide bonds. The average Bonchev–Trinajstić information content (AvgIpc) is 3.79. The third kappa shape index (κ3) is 8.67. The summed E-state index contributed by atoms with van der Waals surface area (Å²) in [6.45, 7) is 8.63. The summed E-state index contributed by atoms with van der Waals surface area (Å²) in [7, 11) is 1.31. The number of hydrogen-bond donors (Lipinski definition) is 3. The van der Waals surface area contributed by atoms with Crippen LogP contribution < -0.4 is 15.5 Å². The second kappa shape index (κ2) is 16.8. The molecule has 1 unspecified atom stereocenters. The molecule has 11 nitrogen and oxygen atoms in total. The van der Waals surface area contributed by atoms with Crippen molar-refractivity contribution < 1.29 is 23.9 Å². The number of rotatable bonds is 9. The van der Waals surface area contributed by atoms with Gasteiger partial charge in [-0.05, 0) is 88.6 Å². The molecule has 1 aliphatic heterocycles. The monoisotopic (exact) mass is 840 g/mol. The van der Waals surface area contributed by atoms with Gasteiger partial charge in [-0.2, -0.15) is 0 Å². The molecule has 0 spiro atoms. The number of imidazole rings is 1. The zero-order valence-corrected chi connectivity index (χ0v) is 34.9. The number of amides is 2. The number of anilines is 2. The summed E-state index contributed by atoms with van der Waals surface area (Å²) in [5.74, 6) is -1.01. The molecule has 7 rings (SSSR count). The number of esters is 1. The number of fused-ring (bicyclic) bond motifs is 1. The number of benzene rings is 4. The maximum Gasteiger partial charge on any atom is 0.407 e. The molecule has 300 valence electrons. The van der Waals surface area contributed by atoms with Gasteiger partial charge in [0.1, 0.15) is 11.3 Å². The molecule has 58 heavy (non-hydrogen) atoms. The molecule has 0 saturated carbocycles. The van der Waals surface area contributed by atoms with Gasteiger partial charge in [0.05, 0.1) is 47.8 Å². The maximum atomic E-state index is 14.9. The minimum Gasteiger partial charge on any atom is -0.465 e. The predicted octanol–water partition coefficient (Wildman–Crippen LogP) is 10.8. The quantitative estimate of drug-likeness (QED) is 0.124. The number of aromatic amines is 1. The zero-order chi connectivity index (χ0) is 41.3. The zero-order valence-electron chi connectivity index (χ0n) is 32.7. The van der Waals surface area contributed by atoms with Crippen LogP contribution in [-0.4, -0.2) is 64.3 Å². The molecule has 0 radical (unpaired) electrons. The summed E-state index contributed by atoms with van der Waals surface area (Å²) in [6.07, 6.45) is 2.57. The lowest BCUT2D eigenvalue weighted by atomic mass is 9.99. The summed E-state index contributed by atoms with van der Waals surface area (Å²) >= 11 is 19.6. The highest BCUT2D eigenvalue weighted by Gasteiger charge is 2.30. The van der Waals surface area contributed by atoms with Crippen molar-refractivity contribution in [2.75, 3.05) is 30.4 Å². The van der Waals surface area contributed by atoms with E-state index in [9.17, 15) is 14.4 Å². The summed E-state index contributed by atoms with van der Waals surface area (Å²) in [6, 6.07) is 25.2. The number of nitrogens with one attached hydrogen (secondary N) is 3. The third-order valence-corrected chi connectivity index (χ3v) is 10.9. The van der Waals surface area contributed by atoms with Gasteiger partial charge in [-0.15, -0.1) is 0 Å². The molecule has 6 aromatic rings. The van der Waals surface area contributed by atoms with E-state index < -0.39 is 23.6 Å². The molecule has 0 bridgehead atoms. The fourth-order valence-electron chi connectivity index (χ4n) is 7.37. The van der Waals surface area contributed by atoms with Gasteiger partial charge in [0.2, 0.25) is 0 Å². The lowest BCUT2D eigenvalue weighted by Crippen LogP contribution is -2.46. The van der Waals surface area contributed by atoms with E-state index >= 15 is 0 Å². The van der Waals surface area contributed by atoms with Gasteiger partial charge in [0.15, 0.2) is 0 Å². The second-order valence-corrected chi connectivity index (χ2v) is 16.5. The number of H-pyrrole nitrogens is 1. The highest BCUT2D eigenvalue weighted by Crippen LogP contribution is 2.43. The Kier molecular flexibility index (Phi) is 11.8. The molecule has 3 heterocycles. The van der Waals surface area contributed by atoms with Crippen LogP contribution in [0.1, 0.15) is 73.0 Å². The van der Waals surface area contributed by atoms with Crippen molar-refractivity contribution >= 4 is 75.1 Å². The fraction of sp³-hybridized carbons (Fsp3) is 0.273. The molecular weight excluding hydrogens is 799 g/mol. The number of ether oxygens (including phenoxy) is 2. The molecule has 0 aliphatic carbocycles. The van der Waals surface area contributed by atoms with Gasteiger partial charge in [-0.3, -0.25) is 4.79 Å². The van der Waals surface area contributed by atoms with Crippen molar-refractivity contribution in [2.45, 2.75) is 58.2 Å². The summed E-state index contributed by atoms with van der Waals surface area (Å²) < 4.78 is 12.5. The lowest BCUT2D eigenvalue weighted by Gasteiger charge is -2.35. The summed E-state index contributed by atoms with van der Waals surface area (Å²) in [5.41, 5.74) is 5.24. The highest BCUT2D eigenvalue weighted by atomic mass is 35.5. The molecule has 1 atom stereocenters. The molecule has 3 N–H and O–H groups in total. The van der Waals surface area contributed by atoms with Crippen LogP contribution >= 0.6 is 34.8 Å².